The summed E-state index contributed by atoms with van der Waals surface area (Å²) in [4.78, 5) is 29.2. The van der Waals surface area contributed by atoms with Crippen molar-refractivity contribution in [3.8, 4) is 0 Å². The minimum atomic E-state index is -0.349. The van der Waals surface area contributed by atoms with Crippen LogP contribution in [0.5, 0.6) is 0 Å². The Morgan fingerprint density at radius 2 is 2.14 bits per heavy atom. The van der Waals surface area contributed by atoms with E-state index in [4.69, 9.17) is 16.3 Å². The van der Waals surface area contributed by atoms with Gasteiger partial charge in [-0.3, -0.25) is 14.5 Å². The number of anilines is 1. The molecule has 0 atom stereocenters. The van der Waals surface area contributed by atoms with Crippen LogP contribution in [-0.2, 0) is 14.3 Å². The van der Waals surface area contributed by atoms with Crippen molar-refractivity contribution >= 4 is 29.2 Å². The molecular formula is C14H20ClN3O3. The topological polar surface area (TPSA) is 71.5 Å². The van der Waals surface area contributed by atoms with Gasteiger partial charge in [-0.15, -0.1) is 0 Å². The Morgan fingerprint density at radius 1 is 1.43 bits per heavy atom. The molecule has 1 aromatic rings. The minimum absolute atomic E-state index is 0.0320. The van der Waals surface area contributed by atoms with E-state index in [0.717, 1.165) is 0 Å². The SMILES string of the molecule is CCOC(=O)CN(CC(=O)Nc1cccnc1Cl)C(C)C. The molecule has 7 heteroatoms. The van der Waals surface area contributed by atoms with Crippen molar-refractivity contribution in [2.45, 2.75) is 26.8 Å². The van der Waals surface area contributed by atoms with E-state index >= 15 is 0 Å². The van der Waals surface area contributed by atoms with E-state index in [0.29, 0.717) is 12.3 Å². The number of nitrogens with one attached hydrogen (secondary N) is 1. The number of nitrogens with zero attached hydrogens (tertiary/aromatic N) is 2. The average molecular weight is 314 g/mol. The van der Waals surface area contributed by atoms with E-state index < -0.39 is 0 Å². The lowest BCUT2D eigenvalue weighted by Crippen LogP contribution is -2.41. The third-order valence-electron chi connectivity index (χ3n) is 2.75. The molecule has 116 valence electrons. The zero-order chi connectivity index (χ0) is 15.8. The van der Waals surface area contributed by atoms with Gasteiger partial charge in [0, 0.05) is 12.2 Å². The van der Waals surface area contributed by atoms with Gasteiger partial charge in [-0.05, 0) is 32.9 Å². The van der Waals surface area contributed by atoms with E-state index in [9.17, 15) is 9.59 Å². The number of hydrogen-bond acceptors (Lipinski definition) is 5. The van der Waals surface area contributed by atoms with Gasteiger partial charge in [-0.2, -0.15) is 0 Å². The monoisotopic (exact) mass is 313 g/mol. The maximum atomic E-state index is 12.0. The third-order valence-corrected chi connectivity index (χ3v) is 3.05. The summed E-state index contributed by atoms with van der Waals surface area (Å²) in [5.74, 6) is -0.610. The standard InChI is InChI=1S/C14H20ClN3O3/c1-4-21-13(20)9-18(10(2)3)8-12(19)17-11-6-5-7-16-14(11)15/h5-7,10H,4,8-9H2,1-3H3,(H,17,19). The summed E-state index contributed by atoms with van der Waals surface area (Å²) >= 11 is 5.88. The smallest absolute Gasteiger partial charge is 0.320 e. The van der Waals surface area contributed by atoms with Crippen LogP contribution in [0, 0.1) is 0 Å². The molecule has 1 aromatic heterocycles. The summed E-state index contributed by atoms with van der Waals surface area (Å²) in [5, 5.41) is 2.90. The molecule has 0 radical (unpaired) electrons. The zero-order valence-corrected chi connectivity index (χ0v) is 13.2. The van der Waals surface area contributed by atoms with E-state index in [2.05, 4.69) is 10.3 Å². The molecule has 0 aliphatic carbocycles. The number of rotatable bonds is 7. The molecule has 0 bridgehead atoms. The van der Waals surface area contributed by atoms with Gasteiger partial charge >= 0.3 is 5.97 Å². The molecule has 0 aromatic carbocycles. The van der Waals surface area contributed by atoms with Crippen molar-refractivity contribution in [2.24, 2.45) is 0 Å². The van der Waals surface area contributed by atoms with Crippen LogP contribution >= 0.6 is 11.6 Å². The lowest BCUT2D eigenvalue weighted by Gasteiger charge is -2.24. The minimum Gasteiger partial charge on any atom is -0.465 e. The molecule has 6 nitrogen and oxygen atoms in total. The van der Waals surface area contributed by atoms with Crippen LogP contribution in [0.4, 0.5) is 5.69 Å². The zero-order valence-electron chi connectivity index (χ0n) is 12.4. The van der Waals surface area contributed by atoms with Crippen molar-refractivity contribution < 1.29 is 14.3 Å². The second-order valence-corrected chi connectivity index (χ2v) is 5.05. The van der Waals surface area contributed by atoms with E-state index in [1.807, 2.05) is 13.8 Å². The van der Waals surface area contributed by atoms with Crippen LogP contribution in [0.25, 0.3) is 0 Å². The van der Waals surface area contributed by atoms with Gasteiger partial charge in [-0.25, -0.2) is 4.98 Å². The summed E-state index contributed by atoms with van der Waals surface area (Å²) in [7, 11) is 0. The Morgan fingerprint density at radius 3 is 2.71 bits per heavy atom. The predicted octanol–water partition coefficient (Wildman–Crippen LogP) is 1.95. The fraction of sp³-hybridized carbons (Fsp3) is 0.500. The highest BCUT2D eigenvalue weighted by Gasteiger charge is 2.18. The van der Waals surface area contributed by atoms with Gasteiger partial charge in [0.05, 0.1) is 25.4 Å². The number of halogens is 1. The van der Waals surface area contributed by atoms with E-state index in [-0.39, 0.29) is 36.2 Å². The second kappa shape index (κ2) is 8.59. The summed E-state index contributed by atoms with van der Waals surface area (Å²) in [6.45, 7) is 6.02. The molecule has 0 unspecified atom stereocenters. The van der Waals surface area contributed by atoms with Gasteiger partial charge in [-0.1, -0.05) is 11.6 Å². The maximum absolute atomic E-state index is 12.0. The Balaban J connectivity index is 2.60. The molecular weight excluding hydrogens is 294 g/mol. The third kappa shape index (κ3) is 6.10. The summed E-state index contributed by atoms with van der Waals surface area (Å²) < 4.78 is 4.90. The van der Waals surface area contributed by atoms with E-state index in [1.165, 1.54) is 0 Å². The van der Waals surface area contributed by atoms with Crippen molar-refractivity contribution in [2.75, 3.05) is 25.0 Å². The van der Waals surface area contributed by atoms with Gasteiger partial charge in [0.15, 0.2) is 5.15 Å². The highest BCUT2D eigenvalue weighted by Crippen LogP contribution is 2.17. The molecule has 0 spiro atoms. The Labute approximate surface area is 129 Å². The molecule has 0 aliphatic heterocycles. The number of hydrogen-bond donors (Lipinski definition) is 1. The van der Waals surface area contributed by atoms with Gasteiger partial charge in [0.25, 0.3) is 0 Å². The number of carbonyl (C=O) groups is 2. The van der Waals surface area contributed by atoms with E-state index in [1.54, 1.807) is 30.2 Å². The molecule has 21 heavy (non-hydrogen) atoms. The number of pyridine rings is 1. The second-order valence-electron chi connectivity index (χ2n) is 4.69. The van der Waals surface area contributed by atoms with Crippen LogP contribution in [0.3, 0.4) is 0 Å². The van der Waals surface area contributed by atoms with Gasteiger partial charge in [0.1, 0.15) is 0 Å². The van der Waals surface area contributed by atoms with Crippen molar-refractivity contribution in [3.05, 3.63) is 23.5 Å². The normalized spacial score (nSPS) is 10.8. The predicted molar refractivity (Wildman–Crippen MR) is 81.2 cm³/mol. The Kier molecular flexibility index (Phi) is 7.11. The summed E-state index contributed by atoms with van der Waals surface area (Å²) in [6, 6.07) is 3.38. The van der Waals surface area contributed by atoms with Crippen LogP contribution in [0.2, 0.25) is 5.15 Å². The largest absolute Gasteiger partial charge is 0.465 e. The molecule has 1 N–H and O–H groups in total. The average Bonchev–Trinajstić information content (AvgIpc) is 2.41. The van der Waals surface area contributed by atoms with Crippen LogP contribution in [0.1, 0.15) is 20.8 Å². The lowest BCUT2D eigenvalue weighted by atomic mass is 10.3. The molecule has 1 amide bonds. The summed E-state index contributed by atoms with van der Waals surface area (Å²) in [6.07, 6.45) is 1.54. The first kappa shape index (κ1) is 17.4. The maximum Gasteiger partial charge on any atom is 0.320 e. The number of amides is 1. The van der Waals surface area contributed by atoms with Crippen LogP contribution in [0.15, 0.2) is 18.3 Å². The van der Waals surface area contributed by atoms with Crippen molar-refractivity contribution in [3.63, 3.8) is 0 Å². The first-order valence-corrected chi connectivity index (χ1v) is 7.11. The fourth-order valence-corrected chi connectivity index (χ4v) is 1.81. The first-order chi connectivity index (χ1) is 9.93. The molecule has 1 heterocycles. The molecule has 0 fully saturated rings. The first-order valence-electron chi connectivity index (χ1n) is 6.74. The van der Waals surface area contributed by atoms with Crippen molar-refractivity contribution in [1.82, 2.24) is 9.88 Å². The fourth-order valence-electron chi connectivity index (χ4n) is 1.65. The van der Waals surface area contributed by atoms with Crippen LogP contribution < -0.4 is 5.32 Å². The molecule has 0 saturated heterocycles. The number of aromatic nitrogens is 1. The van der Waals surface area contributed by atoms with Gasteiger partial charge < -0.3 is 10.1 Å². The Hall–Kier alpha value is -1.66. The number of ether oxygens (including phenoxy) is 1. The highest BCUT2D eigenvalue weighted by atomic mass is 35.5. The quantitative estimate of drug-likeness (QED) is 0.615. The van der Waals surface area contributed by atoms with Crippen molar-refractivity contribution in [1.29, 1.82) is 0 Å². The van der Waals surface area contributed by atoms with Crippen LogP contribution in [-0.4, -0.2) is 47.5 Å². The highest BCUT2D eigenvalue weighted by molar-refractivity contribution is 6.32. The van der Waals surface area contributed by atoms with Gasteiger partial charge in [0.2, 0.25) is 5.91 Å². The molecule has 0 aliphatic rings. The number of carbonyl (C=O) groups excluding carboxylic acids is 2. The summed E-state index contributed by atoms with van der Waals surface area (Å²) in [5.41, 5.74) is 0.448. The number of esters is 1. The Bertz CT molecular complexity index is 494. The molecule has 0 saturated carbocycles. The molecule has 1 rings (SSSR count). The lowest BCUT2D eigenvalue weighted by molar-refractivity contribution is -0.145.